The summed E-state index contributed by atoms with van der Waals surface area (Å²) in [6, 6.07) is 20.4. The van der Waals surface area contributed by atoms with Gasteiger partial charge in [0.15, 0.2) is 0 Å². The molecule has 0 fully saturated rings. The first-order valence-electron chi connectivity index (χ1n) is 37.7. The Morgan fingerprint density at radius 1 is 0.264 bits per heavy atom. The van der Waals surface area contributed by atoms with Crippen LogP contribution >= 0.6 is 34.2 Å². The van der Waals surface area contributed by atoms with Crippen molar-refractivity contribution in [3.63, 3.8) is 0 Å². The first-order valence-corrected chi connectivity index (χ1v) is 46.9. The maximum atomic E-state index is 13.8. The van der Waals surface area contributed by atoms with Gasteiger partial charge in [0.25, 0.3) is 0 Å². The van der Waals surface area contributed by atoms with Crippen molar-refractivity contribution >= 4 is 56.0 Å². The van der Waals surface area contributed by atoms with E-state index in [0.29, 0.717) is 13.2 Å². The average Bonchev–Trinajstić information content (AvgIpc) is 3.68. The molecule has 0 saturated heterocycles. The third-order valence-corrected chi connectivity index (χ3v) is 31.0. The van der Waals surface area contributed by atoms with Crippen LogP contribution in [0.3, 0.4) is 0 Å². The van der Waals surface area contributed by atoms with Gasteiger partial charge < -0.3 is 18.8 Å². The Bertz CT molecular complexity index is 1540. The van der Waals surface area contributed by atoms with Gasteiger partial charge in [-0.3, -0.25) is 0 Å². The van der Waals surface area contributed by atoms with Crippen LogP contribution in [0.2, 0.25) is 0 Å². The number of hydrogen-bond donors (Lipinski definition) is 0. The summed E-state index contributed by atoms with van der Waals surface area (Å²) < 4.78 is 12.3. The minimum absolute atomic E-state index is 0. The van der Waals surface area contributed by atoms with Crippen molar-refractivity contribution in [2.24, 2.45) is 0 Å². The van der Waals surface area contributed by atoms with Crippen LogP contribution in [-0.2, 0) is 50.4 Å². The van der Waals surface area contributed by atoms with Crippen molar-refractivity contribution in [3.05, 3.63) is 60.7 Å². The number of unbranched alkanes of at least 4 members (excludes halogenated alkanes) is 52. The van der Waals surface area contributed by atoms with Gasteiger partial charge in [-0.15, -0.1) is 0 Å². The second-order valence-corrected chi connectivity index (χ2v) is 40.2. The predicted octanol–water partition coefficient (Wildman–Crippen LogP) is 27.8. The quantitative estimate of drug-likeness (QED) is 0.0285. The smallest absolute Gasteiger partial charge is 0.756 e. The van der Waals surface area contributed by atoms with Crippen LogP contribution in [0.15, 0.2) is 70.5 Å². The molecule has 87 heavy (non-hydrogen) atoms. The summed E-state index contributed by atoms with van der Waals surface area (Å²) in [6.45, 7) is 10.4. The molecule has 0 aliphatic heterocycles. The van der Waals surface area contributed by atoms with E-state index >= 15 is 0 Å². The summed E-state index contributed by atoms with van der Waals surface area (Å²) in [5.74, 6) is 1.88. The molecule has 2 unspecified atom stereocenters. The predicted molar refractivity (Wildman–Crippen MR) is 396 cm³/mol. The monoisotopic (exact) mass is 1370 g/mol. The van der Waals surface area contributed by atoms with Gasteiger partial charge in [-0.2, -0.15) is 0 Å². The maximum absolute atomic E-state index is 13.8. The first kappa shape index (κ1) is 87.9. The van der Waals surface area contributed by atoms with Gasteiger partial charge in [-0.25, -0.2) is 0 Å². The molecule has 0 N–H and O–H groups in total. The molecule has 0 aliphatic rings. The SMILES string of the molecule is CCCCCCCCCCCCCCCCOP([O-])(SCCCCCCCCCCCCCCCC)=[S+]c1ccccc1.CCCCCCCCCCCCCCCCOP([O-])(SCCCCCCCCCCCCCCCC)=[S+]c1ccccc1.[Zn+2]. The summed E-state index contributed by atoms with van der Waals surface area (Å²) in [4.78, 5) is 29.6. The Labute approximate surface area is 572 Å². The Kier molecular flexibility index (Phi) is 71.9. The van der Waals surface area contributed by atoms with E-state index in [1.165, 1.54) is 356 Å². The van der Waals surface area contributed by atoms with Crippen LogP contribution in [0.4, 0.5) is 0 Å². The van der Waals surface area contributed by atoms with Gasteiger partial charge >= 0.3 is 19.5 Å². The van der Waals surface area contributed by atoms with Crippen molar-refractivity contribution in [2.75, 3.05) is 24.7 Å². The fourth-order valence-electron chi connectivity index (χ4n) is 11.3. The van der Waals surface area contributed by atoms with Crippen molar-refractivity contribution in [2.45, 2.75) is 397 Å². The Morgan fingerprint density at radius 2 is 0.437 bits per heavy atom. The standard InChI is InChI=1S/2C38H71O2PS2.Zn/c2*1-3-5-7-9-11-13-15-17-19-21-23-25-27-32-36-40-41(39,43-38-34-30-29-31-35-38)42-37-33-28-26-24-22-20-18-16-14-12-10-8-6-4-2;/h2*29-31,34-35H,3-28,32-33,36-37H2,1-2H3;/q;;+2. The third kappa shape index (κ3) is 64.0. The van der Waals surface area contributed by atoms with E-state index in [1.54, 1.807) is 22.8 Å². The minimum atomic E-state index is -2.78. The molecular weight excluding hydrogens is 1230 g/mol. The second-order valence-electron chi connectivity index (χ2n) is 25.4. The average molecular weight is 1380 g/mol. The van der Waals surface area contributed by atoms with E-state index in [0.717, 1.165) is 47.0 Å². The summed E-state index contributed by atoms with van der Waals surface area (Å²) in [7, 11) is 2.92. The zero-order valence-corrected chi connectivity index (χ0v) is 66.1. The molecule has 0 heterocycles. The second kappa shape index (κ2) is 71.2. The van der Waals surface area contributed by atoms with Gasteiger partial charge in [-0.1, -0.05) is 421 Å². The van der Waals surface area contributed by atoms with Gasteiger partial charge in [0.2, 0.25) is 43.1 Å². The van der Waals surface area contributed by atoms with Crippen LogP contribution < -0.4 is 9.79 Å². The molecular formula is C76H142O4P2S4Zn+2. The van der Waals surface area contributed by atoms with E-state index < -0.39 is 11.4 Å². The molecule has 0 radical (unpaired) electrons. The fraction of sp³-hybridized carbons (Fsp3) is 0.842. The zero-order chi connectivity index (χ0) is 61.9. The van der Waals surface area contributed by atoms with Crippen molar-refractivity contribution < 1.29 is 38.3 Å². The van der Waals surface area contributed by atoms with Crippen LogP contribution in [0, 0.1) is 0 Å². The summed E-state index contributed by atoms with van der Waals surface area (Å²) >= 11 is 3.17. The van der Waals surface area contributed by atoms with Crippen LogP contribution in [0.5, 0.6) is 0 Å². The summed E-state index contributed by atoms with van der Waals surface area (Å²) in [5, 5.41) is 0. The van der Waals surface area contributed by atoms with Crippen LogP contribution in [0.25, 0.3) is 0 Å². The molecule has 0 saturated carbocycles. The molecule has 0 bridgehead atoms. The summed E-state index contributed by atoms with van der Waals surface area (Å²) in [6.07, 6.45) is 76.2. The molecule has 11 heteroatoms. The third-order valence-electron chi connectivity index (χ3n) is 16.9. The van der Waals surface area contributed by atoms with Crippen molar-refractivity contribution in [1.82, 2.24) is 0 Å². The molecule has 2 atom stereocenters. The summed E-state index contributed by atoms with van der Waals surface area (Å²) in [5.41, 5.74) is -5.56. The van der Waals surface area contributed by atoms with Gasteiger partial charge in [0, 0.05) is 35.8 Å². The van der Waals surface area contributed by atoms with Crippen molar-refractivity contribution in [1.29, 1.82) is 0 Å². The van der Waals surface area contributed by atoms with E-state index in [2.05, 4.69) is 52.0 Å². The van der Waals surface area contributed by atoms with E-state index in [1.807, 2.05) is 36.4 Å². The molecule has 2 aromatic carbocycles. The van der Waals surface area contributed by atoms with Crippen LogP contribution in [0.1, 0.15) is 387 Å². The Hall–Kier alpha value is 0.903. The van der Waals surface area contributed by atoms with E-state index in [4.69, 9.17) is 9.05 Å². The maximum Gasteiger partial charge on any atom is 2.00 e. The van der Waals surface area contributed by atoms with E-state index in [9.17, 15) is 9.79 Å². The van der Waals surface area contributed by atoms with E-state index in [-0.39, 0.29) is 19.5 Å². The molecule has 2 rings (SSSR count). The van der Waals surface area contributed by atoms with Gasteiger partial charge in [0.05, 0.1) is 13.2 Å². The van der Waals surface area contributed by atoms with Crippen LogP contribution in [-0.4, -0.2) is 24.7 Å². The van der Waals surface area contributed by atoms with Crippen molar-refractivity contribution in [3.8, 4) is 0 Å². The number of rotatable bonds is 66. The molecule has 2 aromatic rings. The van der Waals surface area contributed by atoms with Gasteiger partial charge in [-0.05, 0) is 25.7 Å². The molecule has 504 valence electrons. The normalized spacial score (nSPS) is 12.8. The zero-order valence-electron chi connectivity index (χ0n) is 58.1. The molecule has 0 spiro atoms. The Morgan fingerprint density at radius 3 is 0.632 bits per heavy atom. The minimum Gasteiger partial charge on any atom is -0.756 e. The largest absolute Gasteiger partial charge is 2.00 e. The van der Waals surface area contributed by atoms with Gasteiger partial charge in [0.1, 0.15) is 0 Å². The molecule has 0 amide bonds. The molecule has 4 nitrogen and oxygen atoms in total. The topological polar surface area (TPSA) is 64.6 Å². The number of hydrogen-bond acceptors (Lipinski definition) is 6. The molecule has 0 aromatic heterocycles. The molecule has 0 aliphatic carbocycles. The first-order chi connectivity index (χ1) is 42.4. The fourth-order valence-corrected chi connectivity index (χ4v) is 24.8. The Balaban J connectivity index is 0.00000168. The number of benzene rings is 2.